The summed E-state index contributed by atoms with van der Waals surface area (Å²) in [6.07, 6.45) is 1.50. The maximum atomic E-state index is 11.6. The lowest BCUT2D eigenvalue weighted by molar-refractivity contribution is 0.421. The van der Waals surface area contributed by atoms with E-state index in [1.807, 2.05) is 12.1 Å². The SMILES string of the molecule is NNC(CC1CCS(=O)(=O)C1)c1ccc2ccccc2c1. The molecule has 1 aliphatic rings. The Labute approximate surface area is 125 Å². The van der Waals surface area contributed by atoms with E-state index in [-0.39, 0.29) is 12.0 Å². The lowest BCUT2D eigenvalue weighted by Crippen LogP contribution is -2.30. The van der Waals surface area contributed by atoms with E-state index in [0.717, 1.165) is 18.4 Å². The van der Waals surface area contributed by atoms with E-state index >= 15 is 0 Å². The molecule has 21 heavy (non-hydrogen) atoms. The van der Waals surface area contributed by atoms with Crippen molar-refractivity contribution in [3.63, 3.8) is 0 Å². The second-order valence-corrected chi connectivity index (χ2v) is 8.06. The maximum Gasteiger partial charge on any atom is 0.150 e. The van der Waals surface area contributed by atoms with E-state index in [1.54, 1.807) is 0 Å². The van der Waals surface area contributed by atoms with Gasteiger partial charge in [0.25, 0.3) is 0 Å². The number of hydrazine groups is 1. The van der Waals surface area contributed by atoms with Crippen LogP contribution in [0.1, 0.15) is 24.4 Å². The van der Waals surface area contributed by atoms with Gasteiger partial charge in [0.15, 0.2) is 9.84 Å². The van der Waals surface area contributed by atoms with Gasteiger partial charge < -0.3 is 0 Å². The predicted molar refractivity (Wildman–Crippen MR) is 85.4 cm³/mol. The van der Waals surface area contributed by atoms with Crippen LogP contribution in [-0.2, 0) is 9.84 Å². The molecule has 0 spiro atoms. The van der Waals surface area contributed by atoms with Crippen molar-refractivity contribution < 1.29 is 8.42 Å². The molecular weight excluding hydrogens is 284 g/mol. The van der Waals surface area contributed by atoms with Crippen molar-refractivity contribution in [2.24, 2.45) is 11.8 Å². The van der Waals surface area contributed by atoms with Gasteiger partial charge in [0.2, 0.25) is 0 Å². The van der Waals surface area contributed by atoms with Crippen LogP contribution in [0.4, 0.5) is 0 Å². The number of benzene rings is 2. The van der Waals surface area contributed by atoms with E-state index in [2.05, 4.69) is 35.8 Å². The number of rotatable bonds is 4. The quantitative estimate of drug-likeness (QED) is 0.671. The first-order valence-corrected chi connectivity index (χ1v) is 9.05. The molecule has 112 valence electrons. The number of hydrogen-bond acceptors (Lipinski definition) is 4. The molecule has 0 radical (unpaired) electrons. The van der Waals surface area contributed by atoms with Crippen LogP contribution in [-0.4, -0.2) is 19.9 Å². The zero-order valence-electron chi connectivity index (χ0n) is 11.8. The number of nitrogens with two attached hydrogens (primary N) is 1. The van der Waals surface area contributed by atoms with E-state index in [1.165, 1.54) is 10.8 Å². The standard InChI is InChI=1S/C16H20N2O2S/c17-18-16(9-12-7-8-21(19,20)11-12)15-6-5-13-3-1-2-4-14(13)10-15/h1-6,10,12,16,18H,7-9,11,17H2. The average molecular weight is 304 g/mol. The second kappa shape index (κ2) is 5.75. The molecule has 1 aliphatic heterocycles. The van der Waals surface area contributed by atoms with Gasteiger partial charge in [-0.05, 0) is 41.2 Å². The molecular formula is C16H20N2O2S. The van der Waals surface area contributed by atoms with Gasteiger partial charge in [-0.15, -0.1) is 0 Å². The van der Waals surface area contributed by atoms with E-state index in [4.69, 9.17) is 5.84 Å². The molecule has 0 bridgehead atoms. The highest BCUT2D eigenvalue weighted by Crippen LogP contribution is 2.30. The third kappa shape index (κ3) is 3.26. The Balaban J connectivity index is 1.81. The van der Waals surface area contributed by atoms with Crippen molar-refractivity contribution in [3.8, 4) is 0 Å². The van der Waals surface area contributed by atoms with Crippen LogP contribution in [0.15, 0.2) is 42.5 Å². The van der Waals surface area contributed by atoms with E-state index in [9.17, 15) is 8.42 Å². The Hall–Kier alpha value is -1.43. The average Bonchev–Trinajstić information content (AvgIpc) is 2.83. The molecule has 0 aromatic heterocycles. The summed E-state index contributed by atoms with van der Waals surface area (Å²) in [5.74, 6) is 6.49. The first kappa shape index (κ1) is 14.5. The fourth-order valence-corrected chi connectivity index (χ4v) is 5.00. The second-order valence-electron chi connectivity index (χ2n) is 5.83. The van der Waals surface area contributed by atoms with Crippen molar-refractivity contribution in [1.82, 2.24) is 5.43 Å². The molecule has 1 heterocycles. The van der Waals surface area contributed by atoms with Crippen molar-refractivity contribution in [2.45, 2.75) is 18.9 Å². The minimum atomic E-state index is -2.83. The molecule has 2 unspecified atom stereocenters. The monoisotopic (exact) mass is 304 g/mol. The maximum absolute atomic E-state index is 11.6. The van der Waals surface area contributed by atoms with Crippen molar-refractivity contribution in [2.75, 3.05) is 11.5 Å². The van der Waals surface area contributed by atoms with Crippen LogP contribution in [0.5, 0.6) is 0 Å². The smallest absolute Gasteiger partial charge is 0.150 e. The Bertz CT molecular complexity index is 743. The van der Waals surface area contributed by atoms with Crippen LogP contribution in [0.3, 0.4) is 0 Å². The summed E-state index contributed by atoms with van der Waals surface area (Å²) in [5, 5.41) is 2.37. The van der Waals surface area contributed by atoms with E-state index < -0.39 is 9.84 Å². The minimum absolute atomic E-state index is 0.00657. The molecule has 0 saturated carbocycles. The van der Waals surface area contributed by atoms with Gasteiger partial charge in [-0.1, -0.05) is 36.4 Å². The van der Waals surface area contributed by atoms with Gasteiger partial charge in [0, 0.05) is 6.04 Å². The first-order valence-electron chi connectivity index (χ1n) is 7.23. The molecule has 0 amide bonds. The number of sulfone groups is 1. The zero-order valence-corrected chi connectivity index (χ0v) is 12.6. The summed E-state index contributed by atoms with van der Waals surface area (Å²) in [6, 6.07) is 14.5. The van der Waals surface area contributed by atoms with Gasteiger partial charge in [-0.3, -0.25) is 11.3 Å². The van der Waals surface area contributed by atoms with Crippen LogP contribution in [0, 0.1) is 5.92 Å². The van der Waals surface area contributed by atoms with Crippen molar-refractivity contribution >= 4 is 20.6 Å². The molecule has 2 aromatic rings. The fraction of sp³-hybridized carbons (Fsp3) is 0.375. The topological polar surface area (TPSA) is 72.2 Å². The summed E-state index contributed by atoms with van der Waals surface area (Å²) in [5.41, 5.74) is 3.95. The molecule has 3 rings (SSSR count). The molecule has 1 fully saturated rings. The van der Waals surface area contributed by atoms with Crippen LogP contribution in [0.2, 0.25) is 0 Å². The Morgan fingerprint density at radius 3 is 2.62 bits per heavy atom. The third-order valence-electron chi connectivity index (χ3n) is 4.27. The summed E-state index contributed by atoms with van der Waals surface area (Å²) < 4.78 is 23.1. The van der Waals surface area contributed by atoms with E-state index in [0.29, 0.717) is 11.5 Å². The Morgan fingerprint density at radius 1 is 1.19 bits per heavy atom. The highest BCUT2D eigenvalue weighted by atomic mass is 32.2. The fourth-order valence-electron chi connectivity index (χ4n) is 3.12. The highest BCUT2D eigenvalue weighted by Gasteiger charge is 2.29. The van der Waals surface area contributed by atoms with Crippen molar-refractivity contribution in [3.05, 3.63) is 48.0 Å². The van der Waals surface area contributed by atoms with Crippen LogP contribution in [0.25, 0.3) is 10.8 Å². The molecule has 2 atom stereocenters. The van der Waals surface area contributed by atoms with Crippen LogP contribution >= 0.6 is 0 Å². The molecule has 5 heteroatoms. The summed E-state index contributed by atoms with van der Waals surface area (Å²) in [7, 11) is -2.83. The lowest BCUT2D eigenvalue weighted by Gasteiger charge is -2.20. The number of nitrogens with one attached hydrogen (secondary N) is 1. The summed E-state index contributed by atoms with van der Waals surface area (Å²) in [6.45, 7) is 0. The molecule has 2 aromatic carbocycles. The Kier molecular flexibility index (Phi) is 3.97. The number of fused-ring (bicyclic) bond motifs is 1. The molecule has 3 N–H and O–H groups in total. The summed E-state index contributed by atoms with van der Waals surface area (Å²) >= 11 is 0. The van der Waals surface area contributed by atoms with Gasteiger partial charge in [0.05, 0.1) is 11.5 Å². The first-order chi connectivity index (χ1) is 10.1. The van der Waals surface area contributed by atoms with Gasteiger partial charge >= 0.3 is 0 Å². The third-order valence-corrected chi connectivity index (χ3v) is 6.11. The number of hydrogen-bond donors (Lipinski definition) is 2. The van der Waals surface area contributed by atoms with Gasteiger partial charge in [-0.2, -0.15) is 0 Å². The Morgan fingerprint density at radius 2 is 1.95 bits per heavy atom. The van der Waals surface area contributed by atoms with Crippen molar-refractivity contribution in [1.29, 1.82) is 0 Å². The largest absolute Gasteiger partial charge is 0.271 e. The lowest BCUT2D eigenvalue weighted by atomic mass is 9.93. The minimum Gasteiger partial charge on any atom is -0.271 e. The summed E-state index contributed by atoms with van der Waals surface area (Å²) in [4.78, 5) is 0. The highest BCUT2D eigenvalue weighted by molar-refractivity contribution is 7.91. The molecule has 4 nitrogen and oxygen atoms in total. The zero-order chi connectivity index (χ0) is 14.9. The van der Waals surface area contributed by atoms with Gasteiger partial charge in [0.1, 0.15) is 0 Å². The van der Waals surface area contributed by atoms with Crippen LogP contribution < -0.4 is 11.3 Å². The molecule has 0 aliphatic carbocycles. The predicted octanol–water partition coefficient (Wildman–Crippen LogP) is 2.17. The van der Waals surface area contributed by atoms with Gasteiger partial charge in [-0.25, -0.2) is 8.42 Å². The molecule has 1 saturated heterocycles. The normalized spacial score (nSPS) is 22.4.